The fourth-order valence-electron chi connectivity index (χ4n) is 2.96. The SMILES string of the molecule is Cc1ccc(C)c(SCC(=O)OCC(=O)N(C)C2CCCCC2)c1. The average molecular weight is 349 g/mol. The van der Waals surface area contributed by atoms with Crippen molar-refractivity contribution in [3.63, 3.8) is 0 Å². The van der Waals surface area contributed by atoms with Crippen molar-refractivity contribution in [2.45, 2.75) is 56.9 Å². The van der Waals surface area contributed by atoms with Crippen molar-refractivity contribution in [1.29, 1.82) is 0 Å². The largest absolute Gasteiger partial charge is 0.455 e. The highest BCUT2D eigenvalue weighted by atomic mass is 32.2. The zero-order chi connectivity index (χ0) is 17.5. The number of carbonyl (C=O) groups is 2. The van der Waals surface area contributed by atoms with E-state index < -0.39 is 0 Å². The van der Waals surface area contributed by atoms with Crippen molar-refractivity contribution >= 4 is 23.6 Å². The molecular weight excluding hydrogens is 322 g/mol. The Labute approximate surface area is 148 Å². The zero-order valence-corrected chi connectivity index (χ0v) is 15.7. The molecule has 4 nitrogen and oxygen atoms in total. The minimum Gasteiger partial charge on any atom is -0.455 e. The lowest BCUT2D eigenvalue weighted by Gasteiger charge is -2.31. The normalized spacial score (nSPS) is 15.1. The topological polar surface area (TPSA) is 46.6 Å². The van der Waals surface area contributed by atoms with Crippen molar-refractivity contribution in [1.82, 2.24) is 4.90 Å². The molecule has 5 heteroatoms. The molecule has 1 aliphatic carbocycles. The summed E-state index contributed by atoms with van der Waals surface area (Å²) in [7, 11) is 1.82. The summed E-state index contributed by atoms with van der Waals surface area (Å²) in [6.07, 6.45) is 5.71. The molecule has 0 bridgehead atoms. The highest BCUT2D eigenvalue weighted by Crippen LogP contribution is 2.24. The maximum Gasteiger partial charge on any atom is 0.316 e. The van der Waals surface area contributed by atoms with Crippen LogP contribution in [0, 0.1) is 13.8 Å². The van der Waals surface area contributed by atoms with E-state index in [2.05, 4.69) is 12.1 Å². The van der Waals surface area contributed by atoms with Crippen LogP contribution in [-0.4, -0.2) is 42.2 Å². The van der Waals surface area contributed by atoms with Crippen LogP contribution in [0.5, 0.6) is 0 Å². The molecule has 0 N–H and O–H groups in total. The second kappa shape index (κ2) is 9.11. The van der Waals surface area contributed by atoms with Crippen molar-refractivity contribution < 1.29 is 14.3 Å². The standard InChI is InChI=1S/C19H27NO3S/c1-14-9-10-15(2)17(11-14)24-13-19(22)23-12-18(21)20(3)16-7-5-4-6-8-16/h9-11,16H,4-8,12-13H2,1-3H3. The number of aryl methyl sites for hydroxylation is 2. The highest BCUT2D eigenvalue weighted by molar-refractivity contribution is 8.00. The van der Waals surface area contributed by atoms with Crippen LogP contribution in [0.25, 0.3) is 0 Å². The van der Waals surface area contributed by atoms with Gasteiger partial charge in [0.15, 0.2) is 6.61 Å². The van der Waals surface area contributed by atoms with Crippen LogP contribution in [0.3, 0.4) is 0 Å². The molecule has 0 aromatic heterocycles. The molecule has 1 aliphatic rings. The Morgan fingerprint density at radius 1 is 1.21 bits per heavy atom. The van der Waals surface area contributed by atoms with Gasteiger partial charge in [-0.25, -0.2) is 0 Å². The van der Waals surface area contributed by atoms with Crippen LogP contribution in [0.4, 0.5) is 0 Å². The summed E-state index contributed by atoms with van der Waals surface area (Å²) in [5.41, 5.74) is 2.31. The number of rotatable bonds is 6. The van der Waals surface area contributed by atoms with Gasteiger partial charge in [-0.3, -0.25) is 9.59 Å². The lowest BCUT2D eigenvalue weighted by Crippen LogP contribution is -2.40. The molecule has 0 heterocycles. The van der Waals surface area contributed by atoms with Crippen LogP contribution in [-0.2, 0) is 14.3 Å². The summed E-state index contributed by atoms with van der Waals surface area (Å²) in [6.45, 7) is 3.90. The predicted molar refractivity (Wildman–Crippen MR) is 97.2 cm³/mol. The number of ether oxygens (including phenoxy) is 1. The van der Waals surface area contributed by atoms with E-state index in [1.165, 1.54) is 36.6 Å². The Balaban J connectivity index is 1.74. The van der Waals surface area contributed by atoms with Crippen molar-refractivity contribution in [2.75, 3.05) is 19.4 Å². The molecule has 1 aromatic rings. The Hall–Kier alpha value is -1.49. The van der Waals surface area contributed by atoms with Crippen molar-refractivity contribution in [3.8, 4) is 0 Å². The summed E-state index contributed by atoms with van der Waals surface area (Å²) >= 11 is 1.46. The first-order valence-corrected chi connectivity index (χ1v) is 9.57. The number of likely N-dealkylation sites (N-methyl/N-ethyl adjacent to an activating group) is 1. The summed E-state index contributed by atoms with van der Waals surface area (Å²) in [5, 5.41) is 0. The summed E-state index contributed by atoms with van der Waals surface area (Å²) in [6, 6.07) is 6.47. The Kier molecular flexibility index (Phi) is 7.16. The molecule has 2 rings (SSSR count). The molecule has 0 spiro atoms. The second-order valence-electron chi connectivity index (χ2n) is 6.51. The van der Waals surface area contributed by atoms with E-state index in [0.29, 0.717) is 6.04 Å². The van der Waals surface area contributed by atoms with Gasteiger partial charge in [0.25, 0.3) is 5.91 Å². The van der Waals surface area contributed by atoms with E-state index >= 15 is 0 Å². The first-order chi connectivity index (χ1) is 11.5. The van der Waals surface area contributed by atoms with Crippen molar-refractivity contribution in [2.24, 2.45) is 0 Å². The maximum atomic E-state index is 12.2. The smallest absolute Gasteiger partial charge is 0.316 e. The number of esters is 1. The molecule has 0 aliphatic heterocycles. The Morgan fingerprint density at radius 2 is 1.92 bits per heavy atom. The number of amides is 1. The lowest BCUT2D eigenvalue weighted by molar-refractivity contribution is -0.150. The molecule has 1 fully saturated rings. The van der Waals surface area contributed by atoms with Crippen LogP contribution in [0.15, 0.2) is 23.1 Å². The minimum absolute atomic E-state index is 0.105. The van der Waals surface area contributed by atoms with Gasteiger partial charge in [-0.05, 0) is 38.3 Å². The van der Waals surface area contributed by atoms with Gasteiger partial charge in [0.1, 0.15) is 0 Å². The zero-order valence-electron chi connectivity index (χ0n) is 14.8. The number of hydrogen-bond acceptors (Lipinski definition) is 4. The van der Waals surface area contributed by atoms with Crippen LogP contribution in [0.2, 0.25) is 0 Å². The quantitative estimate of drug-likeness (QED) is 0.580. The van der Waals surface area contributed by atoms with E-state index in [4.69, 9.17) is 4.74 Å². The predicted octanol–water partition coefficient (Wildman–Crippen LogP) is 3.73. The first kappa shape index (κ1) is 18.8. The van der Waals surface area contributed by atoms with Gasteiger partial charge in [-0.1, -0.05) is 37.0 Å². The van der Waals surface area contributed by atoms with E-state index in [0.717, 1.165) is 23.3 Å². The molecule has 1 saturated carbocycles. The van der Waals surface area contributed by atoms with Gasteiger partial charge < -0.3 is 9.64 Å². The number of thioether (sulfide) groups is 1. The Morgan fingerprint density at radius 3 is 2.62 bits per heavy atom. The second-order valence-corrected chi connectivity index (χ2v) is 7.53. The number of carbonyl (C=O) groups excluding carboxylic acids is 2. The minimum atomic E-state index is -0.341. The fraction of sp³-hybridized carbons (Fsp3) is 0.579. The van der Waals surface area contributed by atoms with Crippen LogP contribution >= 0.6 is 11.8 Å². The van der Waals surface area contributed by atoms with E-state index in [9.17, 15) is 9.59 Å². The summed E-state index contributed by atoms with van der Waals surface area (Å²) in [5.74, 6) is -0.219. The molecule has 24 heavy (non-hydrogen) atoms. The number of nitrogens with zero attached hydrogens (tertiary/aromatic N) is 1. The van der Waals surface area contributed by atoms with E-state index in [1.807, 2.05) is 27.0 Å². The molecule has 0 unspecified atom stereocenters. The van der Waals surface area contributed by atoms with Crippen LogP contribution < -0.4 is 0 Å². The van der Waals surface area contributed by atoms with Gasteiger partial charge >= 0.3 is 5.97 Å². The maximum absolute atomic E-state index is 12.2. The third-order valence-electron chi connectivity index (χ3n) is 4.56. The summed E-state index contributed by atoms with van der Waals surface area (Å²) < 4.78 is 5.16. The van der Waals surface area contributed by atoms with Gasteiger partial charge in [0.05, 0.1) is 5.75 Å². The molecule has 0 saturated heterocycles. The average Bonchev–Trinajstić information content (AvgIpc) is 2.60. The first-order valence-electron chi connectivity index (χ1n) is 8.58. The Bertz CT molecular complexity index is 582. The lowest BCUT2D eigenvalue weighted by atomic mass is 9.94. The van der Waals surface area contributed by atoms with Gasteiger partial charge in [0.2, 0.25) is 0 Å². The van der Waals surface area contributed by atoms with Crippen molar-refractivity contribution in [3.05, 3.63) is 29.3 Å². The van der Waals surface area contributed by atoms with Gasteiger partial charge in [-0.15, -0.1) is 11.8 Å². The van der Waals surface area contributed by atoms with Gasteiger partial charge in [0, 0.05) is 18.0 Å². The van der Waals surface area contributed by atoms with E-state index in [1.54, 1.807) is 4.90 Å². The van der Waals surface area contributed by atoms with Crippen LogP contribution in [0.1, 0.15) is 43.2 Å². The van der Waals surface area contributed by atoms with E-state index in [-0.39, 0.29) is 24.2 Å². The van der Waals surface area contributed by atoms with Gasteiger partial charge in [-0.2, -0.15) is 0 Å². The third kappa shape index (κ3) is 5.55. The fourth-order valence-corrected chi connectivity index (χ4v) is 3.88. The molecule has 1 amide bonds. The third-order valence-corrected chi connectivity index (χ3v) is 5.69. The highest BCUT2D eigenvalue weighted by Gasteiger charge is 2.22. The molecular formula is C19H27NO3S. The number of hydrogen-bond donors (Lipinski definition) is 0. The number of benzene rings is 1. The molecule has 0 radical (unpaired) electrons. The summed E-state index contributed by atoms with van der Waals surface area (Å²) in [4.78, 5) is 26.9. The monoisotopic (exact) mass is 349 g/mol. The molecule has 0 atom stereocenters. The molecule has 1 aromatic carbocycles. The molecule has 132 valence electrons.